The highest BCUT2D eigenvalue weighted by molar-refractivity contribution is 5.93. The summed E-state index contributed by atoms with van der Waals surface area (Å²) in [4.78, 5) is 11.9. The van der Waals surface area contributed by atoms with Gasteiger partial charge in [0.05, 0.1) is 0 Å². The van der Waals surface area contributed by atoms with Crippen molar-refractivity contribution in [2.75, 3.05) is 13.2 Å². The molecule has 0 aromatic heterocycles. The molecule has 0 saturated heterocycles. The van der Waals surface area contributed by atoms with Crippen molar-refractivity contribution in [1.29, 1.82) is 0 Å². The number of ether oxygens (including phenoxy) is 2. The fourth-order valence-electron chi connectivity index (χ4n) is 1.93. The topological polar surface area (TPSA) is 76.0 Å². The third-order valence-electron chi connectivity index (χ3n) is 3.24. The molecule has 2 N–H and O–H groups in total. The molecule has 0 unspecified atom stereocenters. The Balaban J connectivity index is 1.89. The standard InChI is InChI=1S/C17H18O5/c1-11-5-3-4-6-14(11)21-9-10-22-17(20)13-8-7-12(2)15(18)16(13)19/h3-8,18-19H,9-10H2,1-2H3. The Kier molecular flexibility index (Phi) is 4.88. The largest absolute Gasteiger partial charge is 0.504 e. The number of phenols is 2. The van der Waals surface area contributed by atoms with Crippen molar-refractivity contribution in [3.8, 4) is 17.2 Å². The first-order chi connectivity index (χ1) is 10.5. The fourth-order valence-corrected chi connectivity index (χ4v) is 1.93. The number of esters is 1. The van der Waals surface area contributed by atoms with Crippen molar-refractivity contribution in [2.24, 2.45) is 0 Å². The third-order valence-corrected chi connectivity index (χ3v) is 3.24. The van der Waals surface area contributed by atoms with Crippen LogP contribution in [0.4, 0.5) is 0 Å². The van der Waals surface area contributed by atoms with Crippen LogP contribution in [-0.2, 0) is 4.74 Å². The van der Waals surface area contributed by atoms with Crippen LogP contribution < -0.4 is 4.74 Å². The first-order valence-corrected chi connectivity index (χ1v) is 6.87. The molecule has 2 aromatic rings. The van der Waals surface area contributed by atoms with Crippen LogP contribution in [0.5, 0.6) is 17.2 Å². The van der Waals surface area contributed by atoms with Gasteiger partial charge in [-0.2, -0.15) is 0 Å². The summed E-state index contributed by atoms with van der Waals surface area (Å²) >= 11 is 0. The van der Waals surface area contributed by atoms with Crippen LogP contribution in [0.2, 0.25) is 0 Å². The van der Waals surface area contributed by atoms with E-state index in [1.54, 1.807) is 6.92 Å². The van der Waals surface area contributed by atoms with Gasteiger partial charge < -0.3 is 19.7 Å². The highest BCUT2D eigenvalue weighted by atomic mass is 16.6. The average Bonchev–Trinajstić information content (AvgIpc) is 2.50. The van der Waals surface area contributed by atoms with Gasteiger partial charge >= 0.3 is 5.97 Å². The number of phenolic OH excluding ortho intramolecular Hbond substituents is 2. The zero-order valence-corrected chi connectivity index (χ0v) is 12.5. The number of para-hydroxylation sites is 1. The molecule has 0 aliphatic rings. The van der Waals surface area contributed by atoms with Crippen LogP contribution in [0.1, 0.15) is 21.5 Å². The predicted molar refractivity (Wildman–Crippen MR) is 81.5 cm³/mol. The molecule has 22 heavy (non-hydrogen) atoms. The molecule has 0 spiro atoms. The van der Waals surface area contributed by atoms with E-state index in [1.165, 1.54) is 12.1 Å². The minimum absolute atomic E-state index is 0.0429. The minimum atomic E-state index is -0.707. The second-order valence-corrected chi connectivity index (χ2v) is 4.88. The summed E-state index contributed by atoms with van der Waals surface area (Å²) in [5, 5.41) is 19.3. The third kappa shape index (κ3) is 3.49. The van der Waals surface area contributed by atoms with Crippen molar-refractivity contribution in [1.82, 2.24) is 0 Å². The quantitative estimate of drug-likeness (QED) is 0.504. The van der Waals surface area contributed by atoms with Gasteiger partial charge in [-0.15, -0.1) is 0 Å². The molecule has 0 aliphatic carbocycles. The number of carbonyl (C=O) groups excluding carboxylic acids is 1. The molecule has 0 aliphatic heterocycles. The molecule has 5 heteroatoms. The van der Waals surface area contributed by atoms with Crippen LogP contribution in [-0.4, -0.2) is 29.4 Å². The highest BCUT2D eigenvalue weighted by Crippen LogP contribution is 2.32. The van der Waals surface area contributed by atoms with Crippen LogP contribution in [0.3, 0.4) is 0 Å². The van der Waals surface area contributed by atoms with Crippen molar-refractivity contribution >= 4 is 5.97 Å². The lowest BCUT2D eigenvalue weighted by atomic mass is 10.1. The van der Waals surface area contributed by atoms with Crippen molar-refractivity contribution in [3.05, 3.63) is 53.1 Å². The Morgan fingerprint density at radius 2 is 1.68 bits per heavy atom. The molecule has 2 rings (SSSR count). The molecule has 0 saturated carbocycles. The Labute approximate surface area is 128 Å². The maximum atomic E-state index is 11.9. The molecule has 0 fully saturated rings. The molecule has 0 bridgehead atoms. The Morgan fingerprint density at radius 3 is 2.41 bits per heavy atom. The second-order valence-electron chi connectivity index (χ2n) is 4.88. The van der Waals surface area contributed by atoms with E-state index in [2.05, 4.69) is 0 Å². The molecule has 0 amide bonds. The maximum absolute atomic E-state index is 11.9. The van der Waals surface area contributed by atoms with Crippen LogP contribution in [0, 0.1) is 13.8 Å². The van der Waals surface area contributed by atoms with Gasteiger partial charge in [-0.05, 0) is 37.1 Å². The first-order valence-electron chi connectivity index (χ1n) is 6.87. The predicted octanol–water partition coefficient (Wildman–Crippen LogP) is 2.95. The monoisotopic (exact) mass is 302 g/mol. The van der Waals surface area contributed by atoms with E-state index in [4.69, 9.17) is 9.47 Å². The summed E-state index contributed by atoms with van der Waals surface area (Å²) in [5.74, 6) is -0.758. The van der Waals surface area contributed by atoms with Crippen molar-refractivity contribution in [3.63, 3.8) is 0 Å². The summed E-state index contributed by atoms with van der Waals surface area (Å²) in [5.41, 5.74) is 1.41. The first kappa shape index (κ1) is 15.7. The van der Waals surface area contributed by atoms with Gasteiger partial charge in [0.1, 0.15) is 24.5 Å². The Bertz CT molecular complexity index is 679. The Morgan fingerprint density at radius 1 is 0.955 bits per heavy atom. The summed E-state index contributed by atoms with van der Waals surface area (Å²) in [6, 6.07) is 10.5. The zero-order chi connectivity index (χ0) is 16.1. The molecule has 0 heterocycles. The molecular weight excluding hydrogens is 284 g/mol. The molecule has 5 nitrogen and oxygen atoms in total. The number of rotatable bonds is 5. The SMILES string of the molecule is Cc1ccccc1OCCOC(=O)c1ccc(C)c(O)c1O. The normalized spacial score (nSPS) is 10.3. The van der Waals surface area contributed by atoms with E-state index in [0.29, 0.717) is 5.56 Å². The average molecular weight is 302 g/mol. The lowest BCUT2D eigenvalue weighted by molar-refractivity contribution is 0.0446. The van der Waals surface area contributed by atoms with Gasteiger partial charge in [0.15, 0.2) is 11.5 Å². The van der Waals surface area contributed by atoms with Gasteiger partial charge in [-0.3, -0.25) is 0 Å². The number of aromatic hydroxyl groups is 2. The van der Waals surface area contributed by atoms with Crippen molar-refractivity contribution < 1.29 is 24.5 Å². The van der Waals surface area contributed by atoms with Crippen molar-refractivity contribution in [2.45, 2.75) is 13.8 Å². The van der Waals surface area contributed by atoms with Gasteiger partial charge in [0, 0.05) is 0 Å². The summed E-state index contributed by atoms with van der Waals surface area (Å²) in [6.45, 7) is 3.80. The molecule has 0 atom stereocenters. The molecular formula is C17H18O5. The van der Waals surface area contributed by atoms with Crippen LogP contribution >= 0.6 is 0 Å². The van der Waals surface area contributed by atoms with Gasteiger partial charge in [-0.1, -0.05) is 24.3 Å². The minimum Gasteiger partial charge on any atom is -0.504 e. The maximum Gasteiger partial charge on any atom is 0.342 e. The lowest BCUT2D eigenvalue weighted by Gasteiger charge is -2.10. The van der Waals surface area contributed by atoms with E-state index in [-0.39, 0.29) is 24.5 Å². The summed E-state index contributed by atoms with van der Waals surface area (Å²) < 4.78 is 10.5. The smallest absolute Gasteiger partial charge is 0.342 e. The van der Waals surface area contributed by atoms with E-state index in [0.717, 1.165) is 11.3 Å². The number of hydrogen-bond donors (Lipinski definition) is 2. The number of benzene rings is 2. The second kappa shape index (κ2) is 6.85. The van der Waals surface area contributed by atoms with E-state index in [1.807, 2.05) is 31.2 Å². The molecule has 2 aromatic carbocycles. The van der Waals surface area contributed by atoms with Crippen LogP contribution in [0.15, 0.2) is 36.4 Å². The van der Waals surface area contributed by atoms with Crippen LogP contribution in [0.25, 0.3) is 0 Å². The summed E-state index contributed by atoms with van der Waals surface area (Å²) in [7, 11) is 0. The number of aryl methyl sites for hydroxylation is 2. The van der Waals surface area contributed by atoms with Gasteiger partial charge in [-0.25, -0.2) is 4.79 Å². The fraction of sp³-hybridized carbons (Fsp3) is 0.235. The van der Waals surface area contributed by atoms with Gasteiger partial charge in [0.25, 0.3) is 0 Å². The molecule has 116 valence electrons. The number of hydrogen-bond acceptors (Lipinski definition) is 5. The lowest BCUT2D eigenvalue weighted by Crippen LogP contribution is -2.13. The van der Waals surface area contributed by atoms with Gasteiger partial charge in [0.2, 0.25) is 0 Å². The van der Waals surface area contributed by atoms with E-state index >= 15 is 0 Å². The van der Waals surface area contributed by atoms with E-state index in [9.17, 15) is 15.0 Å². The highest BCUT2D eigenvalue weighted by Gasteiger charge is 2.17. The zero-order valence-electron chi connectivity index (χ0n) is 12.5. The summed E-state index contributed by atoms with van der Waals surface area (Å²) in [6.07, 6.45) is 0. The number of carbonyl (C=O) groups is 1. The van der Waals surface area contributed by atoms with E-state index < -0.39 is 11.7 Å². The Hall–Kier alpha value is -2.69. The molecule has 0 radical (unpaired) electrons.